The summed E-state index contributed by atoms with van der Waals surface area (Å²) >= 11 is 0. The minimum Gasteiger partial charge on any atom is -0.356 e. The SMILES string of the molecule is CCCCCCCCCCCCCCCCCCCCCC(=O)NCCCNCC.CCCCCCCCCCCCCCCCCCCCCC(=O)NCCCNCC.O=S(=O)(O)O. The molecule has 0 aliphatic carbocycles. The highest BCUT2D eigenvalue weighted by Gasteiger charge is 2.02. The van der Waals surface area contributed by atoms with Crippen LogP contribution in [0, 0.1) is 0 Å². The van der Waals surface area contributed by atoms with Crippen molar-refractivity contribution in [1.82, 2.24) is 21.3 Å². The third-order valence-corrected chi connectivity index (χ3v) is 12.2. The Morgan fingerprint density at radius 1 is 0.308 bits per heavy atom. The first-order valence-electron chi connectivity index (χ1n) is 28.3. The molecule has 0 saturated heterocycles. The van der Waals surface area contributed by atoms with Gasteiger partial charge < -0.3 is 21.3 Å². The van der Waals surface area contributed by atoms with Crippen LogP contribution in [0.25, 0.3) is 0 Å². The Hall–Kier alpha value is -1.27. The Kier molecular flexibility index (Phi) is 63.5. The standard InChI is InChI=1S/2C27H56N2O.H2O4S/c2*1-3-5-6-7-8-9-10-11-12-13-14-15-16-17-18-19-20-21-22-24-27(30)29-26-23-25-28-4-2;1-5(2,3)4/h2*28H,3-26H2,1-2H3,(H,29,30);(H2,1,2,3,4). The molecule has 65 heavy (non-hydrogen) atoms. The van der Waals surface area contributed by atoms with Gasteiger partial charge in [0.05, 0.1) is 0 Å². The van der Waals surface area contributed by atoms with Gasteiger partial charge in [-0.05, 0) is 51.9 Å². The van der Waals surface area contributed by atoms with Gasteiger partial charge in [0.25, 0.3) is 0 Å². The third-order valence-electron chi connectivity index (χ3n) is 12.2. The highest BCUT2D eigenvalue weighted by molar-refractivity contribution is 7.79. The predicted octanol–water partition coefficient (Wildman–Crippen LogP) is 15.2. The van der Waals surface area contributed by atoms with Crippen LogP contribution in [0.4, 0.5) is 0 Å². The Bertz CT molecular complexity index is 947. The molecule has 2 amide bonds. The molecular formula is C54H114N4O6S. The maximum Gasteiger partial charge on any atom is 0.394 e. The van der Waals surface area contributed by atoms with E-state index in [1.807, 2.05) is 0 Å². The van der Waals surface area contributed by atoms with E-state index in [4.69, 9.17) is 17.5 Å². The van der Waals surface area contributed by atoms with Crippen LogP contribution in [0.2, 0.25) is 0 Å². The van der Waals surface area contributed by atoms with Crippen LogP contribution >= 0.6 is 0 Å². The van der Waals surface area contributed by atoms with E-state index in [0.29, 0.717) is 12.8 Å². The van der Waals surface area contributed by atoms with Crippen molar-refractivity contribution in [3.8, 4) is 0 Å². The van der Waals surface area contributed by atoms with Crippen molar-refractivity contribution >= 4 is 22.2 Å². The number of amides is 2. The zero-order chi connectivity index (χ0) is 48.4. The molecule has 0 bridgehead atoms. The van der Waals surface area contributed by atoms with Crippen molar-refractivity contribution in [2.24, 2.45) is 0 Å². The molecule has 0 radical (unpaired) electrons. The molecule has 0 aliphatic rings. The molecule has 0 aromatic rings. The molecule has 392 valence electrons. The fourth-order valence-corrected chi connectivity index (χ4v) is 8.14. The van der Waals surface area contributed by atoms with Gasteiger partial charge in [-0.3, -0.25) is 18.7 Å². The van der Waals surface area contributed by atoms with Crippen LogP contribution in [-0.2, 0) is 20.0 Å². The van der Waals surface area contributed by atoms with Crippen LogP contribution in [-0.4, -0.2) is 68.6 Å². The summed E-state index contributed by atoms with van der Waals surface area (Å²) in [6, 6.07) is 0. The van der Waals surface area contributed by atoms with Crippen LogP contribution in [0.1, 0.15) is 297 Å². The number of rotatable bonds is 50. The van der Waals surface area contributed by atoms with Gasteiger partial charge in [-0.15, -0.1) is 0 Å². The summed E-state index contributed by atoms with van der Waals surface area (Å²) in [5.74, 6) is 0.469. The van der Waals surface area contributed by atoms with E-state index in [1.54, 1.807) is 0 Å². The van der Waals surface area contributed by atoms with Crippen molar-refractivity contribution in [1.29, 1.82) is 0 Å². The monoisotopic (exact) mass is 947 g/mol. The van der Waals surface area contributed by atoms with Gasteiger partial charge in [-0.25, -0.2) is 0 Å². The van der Waals surface area contributed by atoms with Crippen LogP contribution in [0.15, 0.2) is 0 Å². The minimum absolute atomic E-state index is 0.235. The van der Waals surface area contributed by atoms with Crippen molar-refractivity contribution in [2.75, 3.05) is 39.3 Å². The van der Waals surface area contributed by atoms with Gasteiger partial charge in [-0.2, -0.15) is 8.42 Å². The number of nitrogens with one attached hydrogen (secondary N) is 4. The van der Waals surface area contributed by atoms with Gasteiger partial charge in [0.15, 0.2) is 0 Å². The summed E-state index contributed by atoms with van der Waals surface area (Å²) in [7, 11) is -4.67. The zero-order valence-corrected chi connectivity index (χ0v) is 44.7. The first-order chi connectivity index (χ1) is 31.6. The van der Waals surface area contributed by atoms with Gasteiger partial charge in [0.1, 0.15) is 0 Å². The van der Waals surface area contributed by atoms with Crippen molar-refractivity contribution in [2.45, 2.75) is 297 Å². The lowest BCUT2D eigenvalue weighted by Crippen LogP contribution is -2.27. The highest BCUT2D eigenvalue weighted by Crippen LogP contribution is 2.16. The van der Waals surface area contributed by atoms with E-state index in [2.05, 4.69) is 49.0 Å². The maximum absolute atomic E-state index is 11.7. The molecule has 0 aromatic carbocycles. The second-order valence-corrected chi connectivity index (χ2v) is 19.7. The lowest BCUT2D eigenvalue weighted by molar-refractivity contribution is -0.122. The molecule has 11 heteroatoms. The van der Waals surface area contributed by atoms with Gasteiger partial charge in [0, 0.05) is 25.9 Å². The first kappa shape index (κ1) is 68.0. The van der Waals surface area contributed by atoms with Crippen molar-refractivity contribution in [3.05, 3.63) is 0 Å². The van der Waals surface area contributed by atoms with E-state index in [1.165, 1.54) is 231 Å². The molecule has 0 unspecified atom stereocenters. The number of unbranched alkanes of at least 4 members (excludes halogenated alkanes) is 36. The molecule has 0 atom stereocenters. The first-order valence-corrected chi connectivity index (χ1v) is 29.7. The summed E-state index contributed by atoms with van der Waals surface area (Å²) in [5.41, 5.74) is 0. The molecule has 0 aromatic heterocycles. The number of hydrogen-bond acceptors (Lipinski definition) is 6. The average molecular weight is 948 g/mol. The summed E-state index contributed by atoms with van der Waals surface area (Å²) in [4.78, 5) is 23.5. The number of hydrogen-bond donors (Lipinski definition) is 6. The van der Waals surface area contributed by atoms with E-state index < -0.39 is 10.4 Å². The Morgan fingerprint density at radius 3 is 0.677 bits per heavy atom. The average Bonchev–Trinajstić information content (AvgIpc) is 3.27. The third kappa shape index (κ3) is 77.2. The largest absolute Gasteiger partial charge is 0.394 e. The van der Waals surface area contributed by atoms with Crippen LogP contribution in [0.3, 0.4) is 0 Å². The Balaban J connectivity index is -0.00000107. The smallest absolute Gasteiger partial charge is 0.356 e. The predicted molar refractivity (Wildman–Crippen MR) is 283 cm³/mol. The van der Waals surface area contributed by atoms with E-state index in [-0.39, 0.29) is 11.8 Å². The number of carbonyl (C=O) groups is 2. The molecule has 0 heterocycles. The fraction of sp³-hybridized carbons (Fsp3) is 0.963. The number of carbonyl (C=O) groups excluding carboxylic acids is 2. The Labute approximate surface area is 405 Å². The fourth-order valence-electron chi connectivity index (χ4n) is 8.14. The normalized spacial score (nSPS) is 11.2. The lowest BCUT2D eigenvalue weighted by atomic mass is 10.0. The van der Waals surface area contributed by atoms with Crippen LogP contribution < -0.4 is 21.3 Å². The van der Waals surface area contributed by atoms with Crippen LogP contribution in [0.5, 0.6) is 0 Å². The molecule has 6 N–H and O–H groups in total. The molecular weight excluding hydrogens is 833 g/mol. The molecule has 0 spiro atoms. The summed E-state index contributed by atoms with van der Waals surface area (Å²) in [5, 5.41) is 12.6. The second-order valence-electron chi connectivity index (χ2n) is 18.8. The second kappa shape index (κ2) is 60.7. The quantitative estimate of drug-likeness (QED) is 0.0260. The van der Waals surface area contributed by atoms with Crippen molar-refractivity contribution < 1.29 is 27.1 Å². The summed E-state index contributed by atoms with van der Waals surface area (Å²) in [6.07, 6.45) is 56.4. The lowest BCUT2D eigenvalue weighted by Gasteiger charge is -2.06. The van der Waals surface area contributed by atoms with E-state index >= 15 is 0 Å². The highest BCUT2D eigenvalue weighted by atomic mass is 32.3. The molecule has 0 aliphatic heterocycles. The molecule has 10 nitrogen and oxygen atoms in total. The topological polar surface area (TPSA) is 157 Å². The minimum atomic E-state index is -4.67. The molecule has 0 rings (SSSR count). The van der Waals surface area contributed by atoms with Gasteiger partial charge in [-0.1, -0.05) is 259 Å². The zero-order valence-electron chi connectivity index (χ0n) is 43.9. The van der Waals surface area contributed by atoms with Crippen molar-refractivity contribution in [3.63, 3.8) is 0 Å². The van der Waals surface area contributed by atoms with E-state index in [0.717, 1.165) is 65.0 Å². The molecule has 0 saturated carbocycles. The van der Waals surface area contributed by atoms with E-state index in [9.17, 15) is 9.59 Å². The summed E-state index contributed by atoms with van der Waals surface area (Å²) < 4.78 is 31.6. The summed E-state index contributed by atoms with van der Waals surface area (Å²) in [6.45, 7) is 14.4. The maximum atomic E-state index is 11.7. The van der Waals surface area contributed by atoms with Gasteiger partial charge in [0.2, 0.25) is 11.8 Å². The molecule has 0 fully saturated rings. The van der Waals surface area contributed by atoms with Gasteiger partial charge >= 0.3 is 10.4 Å². The Morgan fingerprint density at radius 2 is 0.492 bits per heavy atom.